The number of aliphatic carboxylic acids is 1. The lowest BCUT2D eigenvalue weighted by Gasteiger charge is -2.23. The summed E-state index contributed by atoms with van der Waals surface area (Å²) in [7, 11) is 0. The molecule has 0 saturated heterocycles. The number of hydrogen-bond acceptors (Lipinski definition) is 3. The summed E-state index contributed by atoms with van der Waals surface area (Å²) in [4.78, 5) is 22.9. The van der Waals surface area contributed by atoms with Gasteiger partial charge in [0.1, 0.15) is 0 Å². The van der Waals surface area contributed by atoms with E-state index in [9.17, 15) is 9.59 Å². The van der Waals surface area contributed by atoms with Crippen molar-refractivity contribution in [3.05, 3.63) is 12.2 Å². The second-order valence-electron chi connectivity index (χ2n) is 4.35. The summed E-state index contributed by atoms with van der Waals surface area (Å²) in [6.45, 7) is 0.0584. The van der Waals surface area contributed by atoms with Crippen LogP contribution in [-0.4, -0.2) is 35.2 Å². The summed E-state index contributed by atoms with van der Waals surface area (Å²) in [5.74, 6) is -2.19. The van der Waals surface area contributed by atoms with Crippen molar-refractivity contribution in [1.29, 1.82) is 0 Å². The van der Waals surface area contributed by atoms with Crippen LogP contribution < -0.4 is 5.32 Å². The van der Waals surface area contributed by atoms with E-state index >= 15 is 0 Å². The fourth-order valence-corrected chi connectivity index (χ4v) is 2.81. The van der Waals surface area contributed by atoms with E-state index in [2.05, 4.69) is 5.32 Å². The lowest BCUT2D eigenvalue weighted by atomic mass is 9.82. The van der Waals surface area contributed by atoms with Gasteiger partial charge in [-0.25, -0.2) is 0 Å². The van der Waals surface area contributed by atoms with Crippen molar-refractivity contribution < 1.29 is 19.8 Å². The van der Waals surface area contributed by atoms with Gasteiger partial charge >= 0.3 is 5.97 Å². The standard InChI is InChI=1S/C11H15NO4/c13-4-3-12-10(14)8-6-1-2-7(5-6)9(8)11(15)16/h1-2,6-9,13H,3-5H2,(H,12,14)(H,15,16)/t6-,7-,8-,9+/m1/s1. The number of carboxylic acid groups (broad SMARTS) is 1. The van der Waals surface area contributed by atoms with Crippen molar-refractivity contribution in [2.75, 3.05) is 13.2 Å². The molecule has 0 aromatic heterocycles. The van der Waals surface area contributed by atoms with Gasteiger partial charge < -0.3 is 15.5 Å². The number of hydrogen-bond donors (Lipinski definition) is 3. The van der Waals surface area contributed by atoms with Crippen LogP contribution in [0.25, 0.3) is 0 Å². The molecule has 0 aromatic carbocycles. The number of fused-ring (bicyclic) bond motifs is 2. The van der Waals surface area contributed by atoms with Crippen LogP contribution in [0, 0.1) is 23.7 Å². The molecule has 0 heterocycles. The van der Waals surface area contributed by atoms with E-state index < -0.39 is 17.8 Å². The largest absolute Gasteiger partial charge is 0.481 e. The average molecular weight is 225 g/mol. The van der Waals surface area contributed by atoms with Gasteiger partial charge in [0.15, 0.2) is 0 Å². The van der Waals surface area contributed by atoms with Crippen LogP contribution >= 0.6 is 0 Å². The van der Waals surface area contributed by atoms with Gasteiger partial charge in [-0.05, 0) is 18.3 Å². The molecule has 1 fully saturated rings. The maximum absolute atomic E-state index is 11.8. The number of carboxylic acids is 1. The lowest BCUT2D eigenvalue weighted by Crippen LogP contribution is -2.41. The summed E-state index contributed by atoms with van der Waals surface area (Å²) in [6.07, 6.45) is 4.60. The molecule has 0 aliphatic heterocycles. The van der Waals surface area contributed by atoms with Crippen LogP contribution in [0.3, 0.4) is 0 Å². The highest BCUT2D eigenvalue weighted by Crippen LogP contribution is 2.48. The maximum Gasteiger partial charge on any atom is 0.307 e. The van der Waals surface area contributed by atoms with Crippen molar-refractivity contribution in [1.82, 2.24) is 5.32 Å². The van der Waals surface area contributed by atoms with Gasteiger partial charge in [-0.1, -0.05) is 12.2 Å². The Kier molecular flexibility index (Phi) is 2.96. The third kappa shape index (κ3) is 1.71. The number of allylic oxidation sites excluding steroid dienone is 2. The fraction of sp³-hybridized carbons (Fsp3) is 0.636. The molecule has 2 rings (SSSR count). The Balaban J connectivity index is 2.10. The summed E-state index contributed by atoms with van der Waals surface area (Å²) in [5, 5.41) is 20.3. The second-order valence-corrected chi connectivity index (χ2v) is 4.35. The zero-order valence-corrected chi connectivity index (χ0v) is 8.80. The maximum atomic E-state index is 11.8. The predicted molar refractivity (Wildman–Crippen MR) is 55.4 cm³/mol. The quantitative estimate of drug-likeness (QED) is 0.569. The molecule has 0 aromatic rings. The van der Waals surface area contributed by atoms with E-state index in [0.717, 1.165) is 6.42 Å². The number of aliphatic hydroxyl groups is 1. The lowest BCUT2D eigenvalue weighted by molar-refractivity contribution is -0.147. The molecule has 1 amide bonds. The van der Waals surface area contributed by atoms with Gasteiger partial charge in [0.25, 0.3) is 0 Å². The summed E-state index contributed by atoms with van der Waals surface area (Å²) < 4.78 is 0. The van der Waals surface area contributed by atoms with Gasteiger partial charge in [-0.2, -0.15) is 0 Å². The first-order chi connectivity index (χ1) is 7.65. The summed E-state index contributed by atoms with van der Waals surface area (Å²) in [5.41, 5.74) is 0. The normalized spacial score (nSPS) is 35.3. The second kappa shape index (κ2) is 4.25. The van der Waals surface area contributed by atoms with Crippen LogP contribution in [0.4, 0.5) is 0 Å². The van der Waals surface area contributed by atoms with Crippen LogP contribution in [0.15, 0.2) is 12.2 Å². The zero-order valence-electron chi connectivity index (χ0n) is 8.80. The number of amides is 1. The molecule has 1 saturated carbocycles. The minimum Gasteiger partial charge on any atom is -0.481 e. The molecule has 2 bridgehead atoms. The van der Waals surface area contributed by atoms with Gasteiger partial charge in [0.2, 0.25) is 5.91 Å². The van der Waals surface area contributed by atoms with E-state index in [1.807, 2.05) is 12.2 Å². The van der Waals surface area contributed by atoms with E-state index in [4.69, 9.17) is 10.2 Å². The van der Waals surface area contributed by atoms with E-state index in [0.29, 0.717) is 0 Å². The van der Waals surface area contributed by atoms with Gasteiger partial charge in [-0.15, -0.1) is 0 Å². The summed E-state index contributed by atoms with van der Waals surface area (Å²) >= 11 is 0. The Bertz CT molecular complexity index is 339. The van der Waals surface area contributed by atoms with E-state index in [1.54, 1.807) is 0 Å². The van der Waals surface area contributed by atoms with Gasteiger partial charge in [0.05, 0.1) is 18.4 Å². The highest BCUT2D eigenvalue weighted by atomic mass is 16.4. The smallest absolute Gasteiger partial charge is 0.307 e. The average Bonchev–Trinajstić information content (AvgIpc) is 2.84. The predicted octanol–water partition coefficient (Wildman–Crippen LogP) is -0.382. The number of aliphatic hydroxyl groups excluding tert-OH is 1. The van der Waals surface area contributed by atoms with Crippen molar-refractivity contribution >= 4 is 11.9 Å². The molecule has 3 N–H and O–H groups in total. The van der Waals surface area contributed by atoms with Gasteiger partial charge in [0, 0.05) is 6.54 Å². The Morgan fingerprint density at radius 3 is 2.44 bits per heavy atom. The number of carbonyl (C=O) groups is 2. The Labute approximate surface area is 93.1 Å². The molecule has 2 aliphatic carbocycles. The molecular weight excluding hydrogens is 210 g/mol. The SMILES string of the molecule is O=C(O)[C@@H]1[C@H](C(=O)NCCO)[C@@H]2C=C[C@@H]1C2. The third-order valence-corrected chi connectivity index (χ3v) is 3.46. The molecule has 88 valence electrons. The first kappa shape index (κ1) is 11.1. The minimum absolute atomic E-state index is 0.00706. The molecule has 5 heteroatoms. The monoisotopic (exact) mass is 225 g/mol. The zero-order chi connectivity index (χ0) is 11.7. The molecule has 16 heavy (non-hydrogen) atoms. The number of carbonyl (C=O) groups excluding carboxylic acids is 1. The molecule has 4 atom stereocenters. The molecular formula is C11H15NO4. The highest BCUT2D eigenvalue weighted by Gasteiger charge is 2.51. The topological polar surface area (TPSA) is 86.6 Å². The molecule has 5 nitrogen and oxygen atoms in total. The van der Waals surface area contributed by atoms with Crippen molar-refractivity contribution in [3.8, 4) is 0 Å². The van der Waals surface area contributed by atoms with Gasteiger partial charge in [-0.3, -0.25) is 9.59 Å². The van der Waals surface area contributed by atoms with Crippen LogP contribution in [-0.2, 0) is 9.59 Å². The molecule has 0 spiro atoms. The van der Waals surface area contributed by atoms with Crippen LogP contribution in [0.5, 0.6) is 0 Å². The highest BCUT2D eigenvalue weighted by molar-refractivity contribution is 5.86. The van der Waals surface area contributed by atoms with Crippen molar-refractivity contribution in [2.45, 2.75) is 6.42 Å². The first-order valence-corrected chi connectivity index (χ1v) is 5.45. The molecule has 0 radical (unpaired) electrons. The minimum atomic E-state index is -0.902. The van der Waals surface area contributed by atoms with E-state index in [-0.39, 0.29) is 30.9 Å². The van der Waals surface area contributed by atoms with Crippen LogP contribution in [0.1, 0.15) is 6.42 Å². The number of rotatable bonds is 4. The Morgan fingerprint density at radius 1 is 1.25 bits per heavy atom. The molecule has 0 unspecified atom stereocenters. The number of nitrogens with one attached hydrogen (secondary N) is 1. The van der Waals surface area contributed by atoms with Crippen molar-refractivity contribution in [3.63, 3.8) is 0 Å². The fourth-order valence-electron chi connectivity index (χ4n) is 2.81. The Hall–Kier alpha value is -1.36. The van der Waals surface area contributed by atoms with E-state index in [1.165, 1.54) is 0 Å². The molecule has 2 aliphatic rings. The Morgan fingerprint density at radius 2 is 1.88 bits per heavy atom. The first-order valence-electron chi connectivity index (χ1n) is 5.45. The van der Waals surface area contributed by atoms with Crippen LogP contribution in [0.2, 0.25) is 0 Å². The summed E-state index contributed by atoms with van der Waals surface area (Å²) in [6, 6.07) is 0. The third-order valence-electron chi connectivity index (χ3n) is 3.46. The van der Waals surface area contributed by atoms with Crippen molar-refractivity contribution in [2.24, 2.45) is 23.7 Å².